The SMILES string of the molecule is CC(N)C1CN(C(C)c2ccc(F)cc2F)CCO1. The minimum Gasteiger partial charge on any atom is -0.374 e. The summed E-state index contributed by atoms with van der Waals surface area (Å²) in [6.07, 6.45) is -0.0419. The molecule has 3 atom stereocenters. The maximum absolute atomic E-state index is 13.8. The fourth-order valence-corrected chi connectivity index (χ4v) is 2.40. The average molecular weight is 270 g/mol. The first-order valence-electron chi connectivity index (χ1n) is 6.55. The molecule has 1 aromatic carbocycles. The normalized spacial score (nSPS) is 24.2. The van der Waals surface area contributed by atoms with E-state index in [0.717, 1.165) is 12.6 Å². The number of halogens is 2. The quantitative estimate of drug-likeness (QED) is 0.914. The van der Waals surface area contributed by atoms with E-state index >= 15 is 0 Å². The lowest BCUT2D eigenvalue weighted by atomic mass is 10.0. The molecule has 0 bridgehead atoms. The summed E-state index contributed by atoms with van der Waals surface area (Å²) in [5, 5.41) is 0. The number of nitrogens with zero attached hydrogens (tertiary/aromatic N) is 1. The lowest BCUT2D eigenvalue weighted by Crippen LogP contribution is -2.50. The fourth-order valence-electron chi connectivity index (χ4n) is 2.40. The molecular weight excluding hydrogens is 250 g/mol. The molecule has 5 heteroatoms. The zero-order chi connectivity index (χ0) is 14.0. The summed E-state index contributed by atoms with van der Waals surface area (Å²) in [5.41, 5.74) is 6.35. The summed E-state index contributed by atoms with van der Waals surface area (Å²) in [5.74, 6) is -1.06. The van der Waals surface area contributed by atoms with Crippen molar-refractivity contribution in [3.63, 3.8) is 0 Å². The molecule has 19 heavy (non-hydrogen) atoms. The van der Waals surface area contributed by atoms with Gasteiger partial charge in [-0.1, -0.05) is 6.07 Å². The second-order valence-corrected chi connectivity index (χ2v) is 5.11. The molecule has 0 aromatic heterocycles. The highest BCUT2D eigenvalue weighted by molar-refractivity contribution is 5.22. The van der Waals surface area contributed by atoms with Crippen molar-refractivity contribution < 1.29 is 13.5 Å². The van der Waals surface area contributed by atoms with Crippen molar-refractivity contribution in [2.45, 2.75) is 32.0 Å². The fraction of sp³-hybridized carbons (Fsp3) is 0.571. The standard InChI is InChI=1S/C14H20F2N2O/c1-9(17)14-8-18(5-6-19-14)10(2)12-4-3-11(15)7-13(12)16/h3-4,7,9-10,14H,5-6,8,17H2,1-2H3. The van der Waals surface area contributed by atoms with E-state index in [2.05, 4.69) is 4.90 Å². The lowest BCUT2D eigenvalue weighted by Gasteiger charge is -2.38. The second-order valence-electron chi connectivity index (χ2n) is 5.11. The van der Waals surface area contributed by atoms with Crippen LogP contribution in [0.3, 0.4) is 0 Å². The molecule has 1 fully saturated rings. The molecule has 2 N–H and O–H groups in total. The Hall–Kier alpha value is -1.04. The van der Waals surface area contributed by atoms with Crippen LogP contribution in [0.5, 0.6) is 0 Å². The number of ether oxygens (including phenoxy) is 1. The van der Waals surface area contributed by atoms with Gasteiger partial charge in [0.25, 0.3) is 0 Å². The summed E-state index contributed by atoms with van der Waals surface area (Å²) in [6, 6.07) is 3.54. The van der Waals surface area contributed by atoms with Crippen LogP contribution in [0.2, 0.25) is 0 Å². The first-order valence-corrected chi connectivity index (χ1v) is 6.55. The van der Waals surface area contributed by atoms with E-state index in [1.54, 1.807) is 0 Å². The molecule has 3 nitrogen and oxygen atoms in total. The first-order chi connectivity index (χ1) is 8.99. The van der Waals surface area contributed by atoms with Crippen LogP contribution in [-0.2, 0) is 4.74 Å². The molecule has 1 saturated heterocycles. The van der Waals surface area contributed by atoms with E-state index in [0.29, 0.717) is 18.7 Å². The third-order valence-corrected chi connectivity index (χ3v) is 3.67. The molecule has 0 radical (unpaired) electrons. The Balaban J connectivity index is 2.12. The number of morpholine rings is 1. The van der Waals surface area contributed by atoms with Gasteiger partial charge in [-0.25, -0.2) is 8.78 Å². The van der Waals surface area contributed by atoms with Gasteiger partial charge in [0.2, 0.25) is 0 Å². The summed E-state index contributed by atoms with van der Waals surface area (Å²) in [6.45, 7) is 5.79. The average Bonchev–Trinajstić information content (AvgIpc) is 2.38. The summed E-state index contributed by atoms with van der Waals surface area (Å²) < 4.78 is 32.3. The molecule has 3 unspecified atom stereocenters. The Labute approximate surface area is 112 Å². The van der Waals surface area contributed by atoms with Crippen molar-refractivity contribution in [1.82, 2.24) is 4.90 Å². The van der Waals surface area contributed by atoms with Crippen LogP contribution in [0.15, 0.2) is 18.2 Å². The predicted octanol–water partition coefficient (Wildman–Crippen LogP) is 2.07. The van der Waals surface area contributed by atoms with E-state index in [1.807, 2.05) is 13.8 Å². The Bertz CT molecular complexity index is 439. The monoisotopic (exact) mass is 270 g/mol. The minimum atomic E-state index is -0.552. The number of nitrogens with two attached hydrogens (primary N) is 1. The van der Waals surface area contributed by atoms with Crippen LogP contribution in [0.25, 0.3) is 0 Å². The van der Waals surface area contributed by atoms with Crippen LogP contribution >= 0.6 is 0 Å². The molecule has 1 aliphatic heterocycles. The zero-order valence-corrected chi connectivity index (χ0v) is 11.3. The number of hydrogen-bond donors (Lipinski definition) is 1. The zero-order valence-electron chi connectivity index (χ0n) is 11.3. The van der Waals surface area contributed by atoms with Gasteiger partial charge >= 0.3 is 0 Å². The van der Waals surface area contributed by atoms with Crippen molar-refractivity contribution in [2.24, 2.45) is 5.73 Å². The van der Waals surface area contributed by atoms with Gasteiger partial charge in [0.15, 0.2) is 0 Å². The lowest BCUT2D eigenvalue weighted by molar-refractivity contribution is -0.0502. The van der Waals surface area contributed by atoms with Crippen LogP contribution in [0.1, 0.15) is 25.5 Å². The molecule has 0 saturated carbocycles. The number of benzene rings is 1. The van der Waals surface area contributed by atoms with E-state index in [-0.39, 0.29) is 18.2 Å². The van der Waals surface area contributed by atoms with E-state index < -0.39 is 11.6 Å². The van der Waals surface area contributed by atoms with Crippen molar-refractivity contribution in [2.75, 3.05) is 19.7 Å². The maximum atomic E-state index is 13.8. The van der Waals surface area contributed by atoms with Gasteiger partial charge in [0.05, 0.1) is 12.7 Å². The molecule has 1 aromatic rings. The van der Waals surface area contributed by atoms with Gasteiger partial charge in [0.1, 0.15) is 11.6 Å². The molecule has 0 aliphatic carbocycles. The molecule has 0 amide bonds. The van der Waals surface area contributed by atoms with Crippen molar-refractivity contribution >= 4 is 0 Å². The van der Waals surface area contributed by atoms with Gasteiger partial charge in [-0.15, -0.1) is 0 Å². The topological polar surface area (TPSA) is 38.5 Å². The molecule has 0 spiro atoms. The second kappa shape index (κ2) is 5.94. The van der Waals surface area contributed by atoms with Crippen LogP contribution in [0, 0.1) is 11.6 Å². The Morgan fingerprint density at radius 3 is 2.74 bits per heavy atom. The van der Waals surface area contributed by atoms with Crippen LogP contribution in [-0.4, -0.2) is 36.7 Å². The Morgan fingerprint density at radius 2 is 2.11 bits per heavy atom. The number of hydrogen-bond acceptors (Lipinski definition) is 3. The Kier molecular flexibility index (Phi) is 4.50. The highest BCUT2D eigenvalue weighted by Crippen LogP contribution is 2.25. The summed E-state index contributed by atoms with van der Waals surface area (Å²) in [7, 11) is 0. The third kappa shape index (κ3) is 3.29. The number of rotatable bonds is 3. The molecule has 1 heterocycles. The highest BCUT2D eigenvalue weighted by Gasteiger charge is 2.28. The van der Waals surface area contributed by atoms with Gasteiger partial charge in [0, 0.05) is 36.8 Å². The van der Waals surface area contributed by atoms with Gasteiger partial charge in [-0.3, -0.25) is 4.90 Å². The van der Waals surface area contributed by atoms with Crippen LogP contribution in [0.4, 0.5) is 8.78 Å². The smallest absolute Gasteiger partial charge is 0.130 e. The van der Waals surface area contributed by atoms with Crippen molar-refractivity contribution in [1.29, 1.82) is 0 Å². The molecule has 106 valence electrons. The largest absolute Gasteiger partial charge is 0.374 e. The maximum Gasteiger partial charge on any atom is 0.130 e. The summed E-state index contributed by atoms with van der Waals surface area (Å²) >= 11 is 0. The predicted molar refractivity (Wildman–Crippen MR) is 69.7 cm³/mol. The van der Waals surface area contributed by atoms with Gasteiger partial charge < -0.3 is 10.5 Å². The van der Waals surface area contributed by atoms with Crippen molar-refractivity contribution in [3.05, 3.63) is 35.4 Å². The molecule has 2 rings (SSSR count). The van der Waals surface area contributed by atoms with Gasteiger partial charge in [-0.05, 0) is 19.9 Å². The van der Waals surface area contributed by atoms with Crippen molar-refractivity contribution in [3.8, 4) is 0 Å². The highest BCUT2D eigenvalue weighted by atomic mass is 19.1. The summed E-state index contributed by atoms with van der Waals surface area (Å²) in [4.78, 5) is 2.12. The van der Waals surface area contributed by atoms with E-state index in [9.17, 15) is 8.78 Å². The first kappa shape index (κ1) is 14.4. The molecule has 1 aliphatic rings. The van der Waals surface area contributed by atoms with Gasteiger partial charge in [-0.2, -0.15) is 0 Å². The van der Waals surface area contributed by atoms with Crippen LogP contribution < -0.4 is 5.73 Å². The van der Waals surface area contributed by atoms with E-state index in [4.69, 9.17) is 10.5 Å². The third-order valence-electron chi connectivity index (χ3n) is 3.67. The van der Waals surface area contributed by atoms with E-state index in [1.165, 1.54) is 12.1 Å². The minimum absolute atomic E-state index is 0.0419. The Morgan fingerprint density at radius 1 is 1.37 bits per heavy atom. The molecular formula is C14H20F2N2O.